The van der Waals surface area contributed by atoms with Crippen molar-refractivity contribution in [1.82, 2.24) is 0 Å². The molecule has 168 valence electrons. The van der Waals surface area contributed by atoms with Gasteiger partial charge in [0.25, 0.3) is 0 Å². The Kier molecular flexibility index (Phi) is 6.99. The molecule has 1 heterocycles. The Labute approximate surface area is 180 Å². The number of unbranched alkanes of at least 4 members (excludes halogenated alkanes) is 4. The van der Waals surface area contributed by atoms with Crippen molar-refractivity contribution >= 4 is 5.97 Å². The monoisotopic (exact) mass is 432 g/mol. The fraction of sp³-hybridized carbons (Fsp3) is 0.435. The summed E-state index contributed by atoms with van der Waals surface area (Å²) in [5.74, 6) is -2.38. The molecule has 0 unspecified atom stereocenters. The van der Waals surface area contributed by atoms with E-state index in [2.05, 4.69) is 6.92 Å². The number of carbonyl (C=O) groups excluding carboxylic acids is 1. The minimum absolute atomic E-state index is 0.107. The van der Waals surface area contributed by atoms with Crippen LogP contribution in [0, 0.1) is 0 Å². The summed E-state index contributed by atoms with van der Waals surface area (Å²) < 4.78 is 11.6. The summed E-state index contributed by atoms with van der Waals surface area (Å²) in [6.45, 7) is 2.11. The van der Waals surface area contributed by atoms with E-state index in [1.165, 1.54) is 24.3 Å². The third-order valence-electron chi connectivity index (χ3n) is 5.35. The molecule has 0 amide bonds. The molecule has 0 spiro atoms. The molecule has 0 bridgehead atoms. The second-order valence-corrected chi connectivity index (χ2v) is 7.78. The number of fused-ring (bicyclic) bond motifs is 1. The van der Waals surface area contributed by atoms with Gasteiger partial charge < -0.3 is 35.0 Å². The number of rotatable bonds is 8. The van der Waals surface area contributed by atoms with E-state index in [9.17, 15) is 30.3 Å². The van der Waals surface area contributed by atoms with E-state index in [4.69, 9.17) is 9.47 Å². The molecule has 0 saturated carbocycles. The van der Waals surface area contributed by atoms with Crippen LogP contribution in [-0.2, 0) is 16.0 Å². The molecule has 1 aliphatic rings. The number of aromatic hydroxyl groups is 5. The van der Waals surface area contributed by atoms with Crippen LogP contribution in [0.2, 0.25) is 0 Å². The number of hydrogen-bond donors (Lipinski definition) is 5. The van der Waals surface area contributed by atoms with Crippen LogP contribution in [0.15, 0.2) is 24.3 Å². The second-order valence-electron chi connectivity index (χ2n) is 7.78. The Morgan fingerprint density at radius 2 is 1.65 bits per heavy atom. The van der Waals surface area contributed by atoms with Crippen molar-refractivity contribution in [2.45, 2.75) is 64.1 Å². The number of esters is 1. The largest absolute Gasteiger partial charge is 0.508 e. The minimum Gasteiger partial charge on any atom is -0.508 e. The molecule has 0 aliphatic carbocycles. The van der Waals surface area contributed by atoms with Gasteiger partial charge in [0.15, 0.2) is 23.4 Å². The summed E-state index contributed by atoms with van der Waals surface area (Å²) in [5.41, 5.74) is 0.643. The Bertz CT molecular complexity index is 916. The van der Waals surface area contributed by atoms with Crippen molar-refractivity contribution < 1.29 is 39.8 Å². The molecule has 8 heteroatoms. The summed E-state index contributed by atoms with van der Waals surface area (Å²) in [6.07, 6.45) is 3.47. The Balaban J connectivity index is 1.84. The maximum atomic E-state index is 12.4. The van der Waals surface area contributed by atoms with Gasteiger partial charge in [-0.15, -0.1) is 0 Å². The minimum atomic E-state index is -0.935. The van der Waals surface area contributed by atoms with Crippen LogP contribution in [0.1, 0.15) is 62.7 Å². The van der Waals surface area contributed by atoms with E-state index < -0.39 is 35.4 Å². The highest BCUT2D eigenvalue weighted by molar-refractivity contribution is 5.70. The van der Waals surface area contributed by atoms with Crippen molar-refractivity contribution in [3.63, 3.8) is 0 Å². The zero-order chi connectivity index (χ0) is 22.5. The molecule has 31 heavy (non-hydrogen) atoms. The van der Waals surface area contributed by atoms with E-state index in [1.54, 1.807) is 0 Å². The molecule has 5 N–H and O–H groups in total. The van der Waals surface area contributed by atoms with Crippen molar-refractivity contribution in [3.8, 4) is 34.5 Å². The first-order chi connectivity index (χ1) is 14.8. The van der Waals surface area contributed by atoms with Crippen LogP contribution in [0.25, 0.3) is 0 Å². The smallest absolute Gasteiger partial charge is 0.306 e. The van der Waals surface area contributed by atoms with Crippen LogP contribution in [0.5, 0.6) is 34.5 Å². The molecule has 1 aliphatic heterocycles. The standard InChI is InChI=1S/C23H28O8/c1-2-3-4-5-6-7-21(28)30-20-12-15-16(25)10-14(24)11-19(15)31-23(20)13-8-17(26)22(29)18(27)9-13/h8-11,20,23-27,29H,2-7,12H2,1H3/t20-,23+/m0/s1. The van der Waals surface area contributed by atoms with Crippen LogP contribution >= 0.6 is 0 Å². The molecule has 2 aromatic carbocycles. The van der Waals surface area contributed by atoms with Crippen LogP contribution < -0.4 is 4.74 Å². The molecule has 0 saturated heterocycles. The van der Waals surface area contributed by atoms with Gasteiger partial charge in [0.1, 0.15) is 23.4 Å². The van der Waals surface area contributed by atoms with Crippen molar-refractivity contribution in [2.75, 3.05) is 0 Å². The number of carbonyl (C=O) groups is 1. The lowest BCUT2D eigenvalue weighted by Gasteiger charge is -2.34. The molecule has 0 aromatic heterocycles. The summed E-state index contributed by atoms with van der Waals surface area (Å²) >= 11 is 0. The van der Waals surface area contributed by atoms with Gasteiger partial charge >= 0.3 is 5.97 Å². The van der Waals surface area contributed by atoms with Gasteiger partial charge in [-0.2, -0.15) is 0 Å². The first-order valence-electron chi connectivity index (χ1n) is 10.5. The van der Waals surface area contributed by atoms with Crippen molar-refractivity contribution in [2.24, 2.45) is 0 Å². The molecule has 2 aromatic rings. The van der Waals surface area contributed by atoms with Crippen molar-refractivity contribution in [1.29, 1.82) is 0 Å². The molecule has 0 radical (unpaired) electrons. The molecule has 0 fully saturated rings. The van der Waals surface area contributed by atoms with E-state index in [-0.39, 0.29) is 35.7 Å². The zero-order valence-corrected chi connectivity index (χ0v) is 17.4. The first-order valence-corrected chi connectivity index (χ1v) is 10.5. The van der Waals surface area contributed by atoms with Gasteiger partial charge in [0.2, 0.25) is 0 Å². The fourth-order valence-corrected chi connectivity index (χ4v) is 3.72. The third-order valence-corrected chi connectivity index (χ3v) is 5.35. The Morgan fingerprint density at radius 3 is 2.32 bits per heavy atom. The SMILES string of the molecule is CCCCCCCC(=O)O[C@H]1Cc2c(O)cc(O)cc2O[C@@H]1c1cc(O)c(O)c(O)c1. The summed E-state index contributed by atoms with van der Waals surface area (Å²) in [4.78, 5) is 12.4. The van der Waals surface area contributed by atoms with Crippen LogP contribution in [-0.4, -0.2) is 37.6 Å². The average molecular weight is 432 g/mol. The fourth-order valence-electron chi connectivity index (χ4n) is 3.72. The molecular weight excluding hydrogens is 404 g/mol. The number of hydrogen-bond acceptors (Lipinski definition) is 8. The summed E-state index contributed by atoms with van der Waals surface area (Å²) in [6, 6.07) is 4.92. The zero-order valence-electron chi connectivity index (χ0n) is 17.4. The van der Waals surface area contributed by atoms with Gasteiger partial charge in [-0.25, -0.2) is 0 Å². The van der Waals surface area contributed by atoms with Crippen LogP contribution in [0.3, 0.4) is 0 Å². The maximum absolute atomic E-state index is 12.4. The molecule has 8 nitrogen and oxygen atoms in total. The summed E-state index contributed by atoms with van der Waals surface area (Å²) in [5, 5.41) is 49.4. The lowest BCUT2D eigenvalue weighted by atomic mass is 9.93. The third kappa shape index (κ3) is 5.25. The van der Waals surface area contributed by atoms with Gasteiger partial charge in [0, 0.05) is 36.1 Å². The van der Waals surface area contributed by atoms with E-state index >= 15 is 0 Å². The van der Waals surface area contributed by atoms with Gasteiger partial charge in [-0.3, -0.25) is 4.79 Å². The molecular formula is C23H28O8. The van der Waals surface area contributed by atoms with E-state index in [0.717, 1.165) is 25.7 Å². The Hall–Kier alpha value is -3.29. The number of benzene rings is 2. The Morgan fingerprint density at radius 1 is 0.968 bits per heavy atom. The maximum Gasteiger partial charge on any atom is 0.306 e. The van der Waals surface area contributed by atoms with Gasteiger partial charge in [0.05, 0.1) is 0 Å². The number of phenols is 5. The summed E-state index contributed by atoms with van der Waals surface area (Å²) in [7, 11) is 0. The van der Waals surface area contributed by atoms with E-state index in [1.807, 2.05) is 0 Å². The lowest BCUT2D eigenvalue weighted by molar-refractivity contribution is -0.155. The molecule has 3 rings (SSSR count). The normalized spacial score (nSPS) is 17.6. The predicted molar refractivity (Wildman–Crippen MR) is 112 cm³/mol. The topological polar surface area (TPSA) is 137 Å². The quantitative estimate of drug-likeness (QED) is 0.238. The predicted octanol–water partition coefficient (Wildman–Crippen LogP) is 4.16. The van der Waals surface area contributed by atoms with Gasteiger partial charge in [-0.1, -0.05) is 32.6 Å². The highest BCUT2D eigenvalue weighted by Gasteiger charge is 2.36. The number of ether oxygens (including phenoxy) is 2. The highest BCUT2D eigenvalue weighted by atomic mass is 16.6. The molecule has 2 atom stereocenters. The number of phenolic OH excluding ortho intramolecular Hbond substituents is 5. The average Bonchev–Trinajstić information content (AvgIpc) is 2.71. The first kappa shape index (κ1) is 22.4. The second kappa shape index (κ2) is 9.68. The van der Waals surface area contributed by atoms with Crippen molar-refractivity contribution in [3.05, 3.63) is 35.4 Å². The van der Waals surface area contributed by atoms with E-state index in [0.29, 0.717) is 12.0 Å². The lowest BCUT2D eigenvalue weighted by Crippen LogP contribution is -2.34. The van der Waals surface area contributed by atoms with Gasteiger partial charge in [-0.05, 0) is 18.6 Å². The highest BCUT2D eigenvalue weighted by Crippen LogP contribution is 2.45. The van der Waals surface area contributed by atoms with Crippen LogP contribution in [0.4, 0.5) is 0 Å².